The second-order valence-corrected chi connectivity index (χ2v) is 16.5. The number of carbonyl (C=O) groups excluding carboxylic acids is 4. The molecule has 5 aliphatic rings. The number of piperidine rings is 2. The van der Waals surface area contributed by atoms with Gasteiger partial charge in [-0.3, -0.25) is 34.8 Å². The molecular weight excluding hydrogens is 751 g/mol. The molecule has 1 aromatic heterocycles. The molecule has 59 heavy (non-hydrogen) atoms. The summed E-state index contributed by atoms with van der Waals surface area (Å²) >= 11 is 0. The van der Waals surface area contributed by atoms with Crippen molar-refractivity contribution >= 4 is 58.1 Å². The molecule has 4 amide bonds. The summed E-state index contributed by atoms with van der Waals surface area (Å²) < 4.78 is 5.71. The lowest BCUT2D eigenvalue weighted by Gasteiger charge is -2.42. The highest BCUT2D eigenvalue weighted by atomic mass is 16.5. The monoisotopic (exact) mass is 807 g/mol. The fourth-order valence-corrected chi connectivity index (χ4v) is 9.22. The number of fused-ring (bicyclic) bond motifs is 1. The number of benzene rings is 2. The first-order chi connectivity index (χ1) is 28.6. The van der Waals surface area contributed by atoms with Crippen LogP contribution in [0.3, 0.4) is 0 Å². The molecule has 2 atom stereocenters. The molecule has 1 aliphatic carbocycles. The molecule has 314 valence electrons. The van der Waals surface area contributed by atoms with Crippen LogP contribution < -0.4 is 40.8 Å². The van der Waals surface area contributed by atoms with Gasteiger partial charge in [0.05, 0.1) is 19.0 Å². The number of hydrogen-bond acceptors (Lipinski definition) is 13. The number of ether oxygens (including phenoxy) is 1. The summed E-state index contributed by atoms with van der Waals surface area (Å²) in [5.41, 5.74) is 7.01. The quantitative estimate of drug-likeness (QED) is 0.193. The molecule has 8 rings (SSSR count). The van der Waals surface area contributed by atoms with Crippen LogP contribution in [0.1, 0.15) is 75.1 Å². The Kier molecular flexibility index (Phi) is 12.2. The number of amides is 4. The van der Waals surface area contributed by atoms with Crippen molar-refractivity contribution in [2.45, 2.75) is 82.8 Å². The highest BCUT2D eigenvalue weighted by molar-refractivity contribution is 6.04. The van der Waals surface area contributed by atoms with Crippen molar-refractivity contribution in [3.05, 3.63) is 54.2 Å². The lowest BCUT2D eigenvalue weighted by Crippen LogP contribution is -2.54. The van der Waals surface area contributed by atoms with Gasteiger partial charge in [-0.05, 0) is 100 Å². The Bertz CT molecular complexity index is 2010. The lowest BCUT2D eigenvalue weighted by molar-refractivity contribution is -0.133. The normalized spacial score (nSPS) is 22.3. The van der Waals surface area contributed by atoms with E-state index in [0.29, 0.717) is 47.4 Å². The van der Waals surface area contributed by atoms with E-state index in [9.17, 15) is 19.2 Å². The van der Waals surface area contributed by atoms with Crippen LogP contribution in [-0.2, 0) is 14.4 Å². The second kappa shape index (κ2) is 17.8. The third-order valence-corrected chi connectivity index (χ3v) is 12.8. The van der Waals surface area contributed by atoms with E-state index in [1.54, 1.807) is 37.4 Å². The van der Waals surface area contributed by atoms with Crippen molar-refractivity contribution in [1.82, 2.24) is 30.6 Å². The minimum atomic E-state index is -0.384. The highest BCUT2D eigenvalue weighted by Gasteiger charge is 2.40. The molecule has 16 heteroatoms. The second-order valence-electron chi connectivity index (χ2n) is 16.5. The van der Waals surface area contributed by atoms with Crippen LogP contribution in [-0.4, -0.2) is 122 Å². The average Bonchev–Trinajstić information content (AvgIpc) is 3.79. The predicted octanol–water partition coefficient (Wildman–Crippen LogP) is 4.13. The van der Waals surface area contributed by atoms with Crippen molar-refractivity contribution in [1.29, 1.82) is 0 Å². The molecule has 2 aromatic carbocycles. The van der Waals surface area contributed by atoms with Crippen molar-refractivity contribution in [2.24, 2.45) is 5.92 Å². The van der Waals surface area contributed by atoms with Gasteiger partial charge in [-0.2, -0.15) is 4.98 Å². The number of methoxy groups -OCH3 is 1. The van der Waals surface area contributed by atoms with Crippen LogP contribution in [0.2, 0.25) is 0 Å². The SMILES string of the molecule is COc1cc(C(=O)NN2CCC(CCN3CCN(c4ccc(NC5CCC(=O)NC5=O)cc4)CC3)CC2)ccc1Nc1ncc2c(n1)N(C1CCCC1)[C@H](C)C(=O)N2C. The smallest absolute Gasteiger partial charge is 0.265 e. The van der Waals surface area contributed by atoms with Gasteiger partial charge in [0.25, 0.3) is 5.91 Å². The molecule has 0 radical (unpaired) electrons. The number of hydrazine groups is 1. The third-order valence-electron chi connectivity index (χ3n) is 12.8. The predicted molar refractivity (Wildman–Crippen MR) is 227 cm³/mol. The lowest BCUT2D eigenvalue weighted by atomic mass is 9.94. The van der Waals surface area contributed by atoms with Crippen LogP contribution in [0, 0.1) is 5.92 Å². The molecule has 4 aliphatic heterocycles. The van der Waals surface area contributed by atoms with E-state index in [4.69, 9.17) is 9.72 Å². The van der Waals surface area contributed by atoms with Crippen molar-refractivity contribution in [2.75, 3.05) is 85.3 Å². The first-order valence-electron chi connectivity index (χ1n) is 21.2. The van der Waals surface area contributed by atoms with Gasteiger partial charge in [-0.1, -0.05) is 12.8 Å². The zero-order chi connectivity index (χ0) is 41.0. The molecule has 3 saturated heterocycles. The minimum absolute atomic E-state index is 0.0423. The summed E-state index contributed by atoms with van der Waals surface area (Å²) in [6, 6.07) is 13.1. The standard InChI is InChI=1S/C43H57N11O5/c1-28-42(58)50(2)36-27-44-43(48-39(36)54(28)33-6-4-5-7-33)46-34-13-8-30(26-37(34)59-3)40(56)49-53-20-17-29(18-21-53)16-19-51-22-24-52(25-23-51)32-11-9-31(10-12-32)45-35-14-15-38(55)47-41(35)57/h8-13,26-29,33,35,45H,4-7,14-25H2,1-3H3,(H,49,56)(H,44,46,48)(H,47,55,57)/t28-,35?/m1/s1. The van der Waals surface area contributed by atoms with E-state index < -0.39 is 0 Å². The molecule has 16 nitrogen and oxygen atoms in total. The number of piperazine rings is 1. The molecule has 0 bridgehead atoms. The number of hydrogen-bond donors (Lipinski definition) is 4. The van der Waals surface area contributed by atoms with Crippen LogP contribution in [0.4, 0.5) is 34.5 Å². The fraction of sp³-hybridized carbons (Fsp3) is 0.535. The maximum atomic E-state index is 13.4. The summed E-state index contributed by atoms with van der Waals surface area (Å²) in [6.07, 6.45) is 10.2. The first-order valence-corrected chi connectivity index (χ1v) is 21.2. The molecule has 4 N–H and O–H groups in total. The van der Waals surface area contributed by atoms with Crippen LogP contribution in [0.15, 0.2) is 48.7 Å². The van der Waals surface area contributed by atoms with Crippen LogP contribution in [0.5, 0.6) is 5.75 Å². The van der Waals surface area contributed by atoms with Gasteiger partial charge < -0.3 is 30.1 Å². The molecular formula is C43H57N11O5. The van der Waals surface area contributed by atoms with Gasteiger partial charge in [-0.25, -0.2) is 9.99 Å². The maximum Gasteiger partial charge on any atom is 0.265 e. The molecule has 4 fully saturated rings. The number of imide groups is 1. The Morgan fingerprint density at radius 3 is 2.39 bits per heavy atom. The van der Waals surface area contributed by atoms with Gasteiger partial charge in [-0.15, -0.1) is 0 Å². The molecule has 0 spiro atoms. The number of anilines is 6. The molecule has 3 aromatic rings. The van der Waals surface area contributed by atoms with Gasteiger partial charge in [0.15, 0.2) is 5.82 Å². The zero-order valence-electron chi connectivity index (χ0n) is 34.4. The van der Waals surface area contributed by atoms with Crippen LogP contribution in [0.25, 0.3) is 0 Å². The van der Waals surface area contributed by atoms with Crippen molar-refractivity contribution in [3.8, 4) is 5.75 Å². The highest BCUT2D eigenvalue weighted by Crippen LogP contribution is 2.39. The Morgan fingerprint density at radius 1 is 0.932 bits per heavy atom. The summed E-state index contributed by atoms with van der Waals surface area (Å²) in [4.78, 5) is 68.2. The Balaban J connectivity index is 0.775. The summed E-state index contributed by atoms with van der Waals surface area (Å²) in [6.45, 7) is 8.60. The molecule has 5 heterocycles. The Morgan fingerprint density at radius 2 is 1.68 bits per heavy atom. The number of likely N-dealkylation sites (N-methyl/N-ethyl adjacent to an activating group) is 1. The summed E-state index contributed by atoms with van der Waals surface area (Å²) in [5.74, 6) is 1.67. The van der Waals surface area contributed by atoms with E-state index in [-0.39, 0.29) is 41.8 Å². The van der Waals surface area contributed by atoms with E-state index in [1.165, 1.54) is 5.69 Å². The molecule has 1 unspecified atom stereocenters. The Hall–Kier alpha value is -5.48. The largest absolute Gasteiger partial charge is 0.495 e. The average molecular weight is 808 g/mol. The van der Waals surface area contributed by atoms with E-state index in [0.717, 1.165) is 102 Å². The number of nitrogens with zero attached hydrogens (tertiary/aromatic N) is 7. The third kappa shape index (κ3) is 9.08. The van der Waals surface area contributed by atoms with Crippen molar-refractivity contribution in [3.63, 3.8) is 0 Å². The van der Waals surface area contributed by atoms with Crippen molar-refractivity contribution < 1.29 is 23.9 Å². The topological polar surface area (TPSA) is 168 Å². The number of rotatable bonds is 12. The number of nitrogens with one attached hydrogen (secondary N) is 4. The van der Waals surface area contributed by atoms with Crippen LogP contribution >= 0.6 is 0 Å². The van der Waals surface area contributed by atoms with E-state index >= 15 is 0 Å². The van der Waals surface area contributed by atoms with E-state index in [1.807, 2.05) is 30.1 Å². The zero-order valence-corrected chi connectivity index (χ0v) is 34.4. The molecule has 1 saturated carbocycles. The van der Waals surface area contributed by atoms with Gasteiger partial charge in [0, 0.05) is 75.7 Å². The Labute approximate surface area is 346 Å². The van der Waals surface area contributed by atoms with Gasteiger partial charge in [0.2, 0.25) is 23.7 Å². The number of aromatic nitrogens is 2. The fourth-order valence-electron chi connectivity index (χ4n) is 9.22. The van der Waals surface area contributed by atoms with Gasteiger partial charge in [0.1, 0.15) is 23.5 Å². The summed E-state index contributed by atoms with van der Waals surface area (Å²) in [7, 11) is 3.35. The minimum Gasteiger partial charge on any atom is -0.495 e. The summed E-state index contributed by atoms with van der Waals surface area (Å²) in [5, 5.41) is 11.0. The maximum absolute atomic E-state index is 13.4. The van der Waals surface area contributed by atoms with Gasteiger partial charge >= 0.3 is 0 Å². The van der Waals surface area contributed by atoms with E-state index in [2.05, 4.69) is 53.2 Å². The first kappa shape index (κ1) is 40.3. The number of carbonyl (C=O) groups is 4.